The van der Waals surface area contributed by atoms with Crippen molar-refractivity contribution in [1.29, 1.82) is 0 Å². The van der Waals surface area contributed by atoms with E-state index in [9.17, 15) is 14.0 Å². The van der Waals surface area contributed by atoms with Crippen LogP contribution in [0.2, 0.25) is 0 Å². The lowest BCUT2D eigenvalue weighted by Crippen LogP contribution is -2.20. The zero-order valence-electron chi connectivity index (χ0n) is 15.8. The second-order valence-electron chi connectivity index (χ2n) is 7.04. The third kappa shape index (κ3) is 3.12. The van der Waals surface area contributed by atoms with Crippen molar-refractivity contribution >= 4 is 16.7 Å². The Balaban J connectivity index is 1.63. The Kier molecular flexibility index (Phi) is 4.32. The first-order chi connectivity index (χ1) is 14.6. The van der Waals surface area contributed by atoms with Crippen LogP contribution in [0.15, 0.2) is 77.7 Å². The molecule has 0 unspecified atom stereocenters. The zero-order chi connectivity index (χ0) is 20.7. The first kappa shape index (κ1) is 18.1. The van der Waals surface area contributed by atoms with Crippen molar-refractivity contribution in [2.45, 2.75) is 6.54 Å². The Labute approximate surface area is 170 Å². The molecule has 30 heavy (non-hydrogen) atoms. The molecule has 1 aromatic heterocycles. The number of fused-ring (bicyclic) bond motifs is 2. The van der Waals surface area contributed by atoms with Gasteiger partial charge in [0.2, 0.25) is 12.2 Å². The van der Waals surface area contributed by atoms with Crippen LogP contribution in [0.25, 0.3) is 10.9 Å². The highest BCUT2D eigenvalue weighted by atomic mass is 19.1. The number of hydrogen-bond acceptors (Lipinski definition) is 4. The summed E-state index contributed by atoms with van der Waals surface area (Å²) < 4.78 is 25.7. The molecule has 0 saturated heterocycles. The fourth-order valence-corrected chi connectivity index (χ4v) is 3.62. The van der Waals surface area contributed by atoms with E-state index in [1.54, 1.807) is 48.7 Å². The molecule has 0 fully saturated rings. The molecule has 3 aromatic carbocycles. The number of carbonyl (C=O) groups excluding carboxylic acids is 1. The molecule has 0 saturated carbocycles. The van der Waals surface area contributed by atoms with E-state index in [0.29, 0.717) is 34.5 Å². The summed E-state index contributed by atoms with van der Waals surface area (Å²) in [5.41, 5.74) is 1.64. The van der Waals surface area contributed by atoms with E-state index < -0.39 is 5.78 Å². The van der Waals surface area contributed by atoms with Crippen molar-refractivity contribution in [1.82, 2.24) is 4.57 Å². The highest BCUT2D eigenvalue weighted by Crippen LogP contribution is 2.33. The first-order valence-electron chi connectivity index (χ1n) is 9.41. The molecular formula is C24H16FNO4. The number of carbonyl (C=O) groups is 1. The smallest absolute Gasteiger partial charge is 0.231 e. The van der Waals surface area contributed by atoms with E-state index in [2.05, 4.69) is 0 Å². The summed E-state index contributed by atoms with van der Waals surface area (Å²) in [6.45, 7) is 0.496. The summed E-state index contributed by atoms with van der Waals surface area (Å²) in [7, 11) is 0. The number of nitrogens with zero attached hydrogens (tertiary/aromatic N) is 1. The maximum atomic E-state index is 13.3. The molecule has 0 bridgehead atoms. The monoisotopic (exact) mass is 401 g/mol. The van der Waals surface area contributed by atoms with Gasteiger partial charge in [-0.3, -0.25) is 9.59 Å². The molecule has 6 heteroatoms. The fraction of sp³-hybridized carbons (Fsp3) is 0.0833. The van der Waals surface area contributed by atoms with Gasteiger partial charge < -0.3 is 14.0 Å². The number of ketones is 1. The van der Waals surface area contributed by atoms with Gasteiger partial charge in [-0.25, -0.2) is 4.39 Å². The average molecular weight is 401 g/mol. The van der Waals surface area contributed by atoms with E-state index in [1.807, 2.05) is 16.7 Å². The Hall–Kier alpha value is -3.93. The van der Waals surface area contributed by atoms with Crippen LogP contribution >= 0.6 is 0 Å². The van der Waals surface area contributed by atoms with Crippen LogP contribution in [0.3, 0.4) is 0 Å². The lowest BCUT2D eigenvalue weighted by molar-refractivity contribution is 0.103. The van der Waals surface area contributed by atoms with E-state index in [-0.39, 0.29) is 23.6 Å². The highest BCUT2D eigenvalue weighted by molar-refractivity contribution is 6.10. The zero-order valence-corrected chi connectivity index (χ0v) is 15.8. The molecule has 4 aromatic rings. The van der Waals surface area contributed by atoms with Gasteiger partial charge in [-0.2, -0.15) is 0 Å². The lowest BCUT2D eigenvalue weighted by Gasteiger charge is -2.13. The summed E-state index contributed by atoms with van der Waals surface area (Å²) >= 11 is 0. The summed E-state index contributed by atoms with van der Waals surface area (Å²) in [5.74, 6) is 0.339. The average Bonchev–Trinajstić information content (AvgIpc) is 3.25. The van der Waals surface area contributed by atoms with E-state index in [0.717, 1.165) is 5.56 Å². The van der Waals surface area contributed by atoms with E-state index >= 15 is 0 Å². The topological polar surface area (TPSA) is 57.5 Å². The van der Waals surface area contributed by atoms with Crippen molar-refractivity contribution in [2.24, 2.45) is 0 Å². The predicted octanol–water partition coefficient (Wildman–Crippen LogP) is 4.15. The lowest BCUT2D eigenvalue weighted by atomic mass is 10.0. The molecule has 1 aliphatic heterocycles. The second kappa shape index (κ2) is 7.15. The Morgan fingerprint density at radius 3 is 2.57 bits per heavy atom. The Morgan fingerprint density at radius 1 is 0.967 bits per heavy atom. The number of benzene rings is 3. The first-order valence-corrected chi connectivity index (χ1v) is 9.41. The largest absolute Gasteiger partial charge is 0.454 e. The number of ether oxygens (including phenoxy) is 2. The van der Waals surface area contributed by atoms with Gasteiger partial charge in [0.1, 0.15) is 5.82 Å². The van der Waals surface area contributed by atoms with Crippen LogP contribution in [0.5, 0.6) is 11.5 Å². The van der Waals surface area contributed by atoms with Crippen molar-refractivity contribution in [3.8, 4) is 11.5 Å². The number of aromatic nitrogens is 1. The second-order valence-corrected chi connectivity index (χ2v) is 7.04. The minimum atomic E-state index is -0.392. The van der Waals surface area contributed by atoms with Crippen LogP contribution in [0.1, 0.15) is 21.5 Å². The Morgan fingerprint density at radius 2 is 1.73 bits per heavy atom. The van der Waals surface area contributed by atoms with Crippen LogP contribution < -0.4 is 14.9 Å². The SMILES string of the molecule is O=C(c1ccc2c(c1)OCO2)c1cn(Cc2ccc(F)cc2)c2ccccc2c1=O. The molecule has 148 valence electrons. The van der Waals surface area contributed by atoms with Gasteiger partial charge in [0.25, 0.3) is 0 Å². The number of pyridine rings is 1. The van der Waals surface area contributed by atoms with Gasteiger partial charge in [0.05, 0.1) is 11.1 Å². The van der Waals surface area contributed by atoms with Crippen molar-refractivity contribution in [3.05, 3.63) is 106 Å². The van der Waals surface area contributed by atoms with Gasteiger partial charge >= 0.3 is 0 Å². The minimum Gasteiger partial charge on any atom is -0.454 e. The number of hydrogen-bond donors (Lipinski definition) is 0. The molecule has 0 N–H and O–H groups in total. The van der Waals surface area contributed by atoms with Gasteiger partial charge in [-0.1, -0.05) is 24.3 Å². The molecule has 5 nitrogen and oxygen atoms in total. The summed E-state index contributed by atoms with van der Waals surface area (Å²) in [6, 6.07) is 18.1. The molecular weight excluding hydrogens is 385 g/mol. The molecule has 0 spiro atoms. The molecule has 0 aliphatic carbocycles. The van der Waals surface area contributed by atoms with Crippen LogP contribution in [-0.4, -0.2) is 17.1 Å². The molecule has 0 atom stereocenters. The van der Waals surface area contributed by atoms with Crippen molar-refractivity contribution in [3.63, 3.8) is 0 Å². The third-order valence-electron chi connectivity index (χ3n) is 5.13. The van der Waals surface area contributed by atoms with Crippen LogP contribution in [0.4, 0.5) is 4.39 Å². The van der Waals surface area contributed by atoms with Crippen LogP contribution in [0, 0.1) is 5.82 Å². The standard InChI is InChI=1S/C24H16FNO4/c25-17-8-5-15(6-9-17)12-26-13-19(24(28)18-3-1-2-4-20(18)26)23(27)16-7-10-21-22(11-16)30-14-29-21/h1-11,13H,12,14H2. The molecule has 2 heterocycles. The fourth-order valence-electron chi connectivity index (χ4n) is 3.62. The summed E-state index contributed by atoms with van der Waals surface area (Å²) in [6.07, 6.45) is 1.57. The molecule has 5 rings (SSSR count). The molecule has 0 amide bonds. The Bertz CT molecular complexity index is 1340. The number of rotatable bonds is 4. The van der Waals surface area contributed by atoms with Gasteiger partial charge in [0, 0.05) is 23.7 Å². The van der Waals surface area contributed by atoms with Crippen molar-refractivity contribution in [2.75, 3.05) is 6.79 Å². The van der Waals surface area contributed by atoms with Gasteiger partial charge in [-0.05, 0) is 48.0 Å². The predicted molar refractivity (Wildman–Crippen MR) is 110 cm³/mol. The van der Waals surface area contributed by atoms with E-state index in [4.69, 9.17) is 9.47 Å². The normalized spacial score (nSPS) is 12.3. The summed E-state index contributed by atoms with van der Waals surface area (Å²) in [4.78, 5) is 26.3. The van der Waals surface area contributed by atoms with Crippen molar-refractivity contribution < 1.29 is 18.7 Å². The molecule has 1 aliphatic rings. The maximum Gasteiger partial charge on any atom is 0.231 e. The quantitative estimate of drug-likeness (QED) is 0.482. The number of halogens is 1. The van der Waals surface area contributed by atoms with E-state index in [1.165, 1.54) is 12.1 Å². The van der Waals surface area contributed by atoms with Gasteiger partial charge in [-0.15, -0.1) is 0 Å². The highest BCUT2D eigenvalue weighted by Gasteiger charge is 2.21. The minimum absolute atomic E-state index is 0.0645. The maximum absolute atomic E-state index is 13.3. The van der Waals surface area contributed by atoms with Crippen LogP contribution in [-0.2, 0) is 6.54 Å². The molecule has 0 radical (unpaired) electrons. The van der Waals surface area contributed by atoms with Gasteiger partial charge in [0.15, 0.2) is 17.3 Å². The third-order valence-corrected chi connectivity index (χ3v) is 5.13. The number of para-hydroxylation sites is 1. The summed E-state index contributed by atoms with van der Waals surface area (Å²) in [5, 5.41) is 0.450.